The molecule has 0 spiro atoms. The molecular formula is C15H22IN3S2. The normalized spacial score (nSPS) is 12.6. The molecule has 0 bridgehead atoms. The molecule has 2 aromatic heterocycles. The number of rotatable bonds is 5. The summed E-state index contributed by atoms with van der Waals surface area (Å²) in [7, 11) is 1.81. The van der Waals surface area contributed by atoms with E-state index in [1.165, 1.54) is 14.6 Å². The minimum Gasteiger partial charge on any atom is -0.354 e. The van der Waals surface area contributed by atoms with Gasteiger partial charge in [-0.15, -0.1) is 46.7 Å². The monoisotopic (exact) mass is 435 g/mol. The zero-order valence-corrected chi connectivity index (χ0v) is 16.5. The standard InChI is InChI=1S/C15H21N3S2.HI/c1-11(9-13-7-6-12(2)20-13)18-15(16-3)17-10-14-5-4-8-19-14;/h4-8,11H,9-10H2,1-3H3,(H2,16,17,18);1H. The zero-order chi connectivity index (χ0) is 14.4. The molecule has 0 fully saturated rings. The van der Waals surface area contributed by atoms with Crippen molar-refractivity contribution in [2.24, 2.45) is 4.99 Å². The molecule has 3 nitrogen and oxygen atoms in total. The molecule has 2 aromatic rings. The molecule has 0 aliphatic carbocycles. The number of halogens is 1. The maximum atomic E-state index is 4.28. The van der Waals surface area contributed by atoms with E-state index in [1.54, 1.807) is 11.3 Å². The second kappa shape index (κ2) is 9.42. The lowest BCUT2D eigenvalue weighted by atomic mass is 10.2. The predicted molar refractivity (Wildman–Crippen MR) is 105 cm³/mol. The van der Waals surface area contributed by atoms with Gasteiger partial charge in [-0.2, -0.15) is 0 Å². The minimum absolute atomic E-state index is 0. The highest BCUT2D eigenvalue weighted by Crippen LogP contribution is 2.16. The van der Waals surface area contributed by atoms with Crippen LogP contribution in [-0.4, -0.2) is 19.0 Å². The first-order valence-electron chi connectivity index (χ1n) is 6.72. The van der Waals surface area contributed by atoms with Gasteiger partial charge in [-0.25, -0.2) is 0 Å². The molecule has 6 heteroatoms. The number of aliphatic imine (C=N–C) groups is 1. The van der Waals surface area contributed by atoms with Gasteiger partial charge in [0.2, 0.25) is 0 Å². The summed E-state index contributed by atoms with van der Waals surface area (Å²) in [5, 5.41) is 8.88. The van der Waals surface area contributed by atoms with Gasteiger partial charge < -0.3 is 10.6 Å². The van der Waals surface area contributed by atoms with E-state index in [0.717, 1.165) is 18.9 Å². The molecule has 1 atom stereocenters. The summed E-state index contributed by atoms with van der Waals surface area (Å²) < 4.78 is 0. The van der Waals surface area contributed by atoms with Gasteiger partial charge in [-0.05, 0) is 37.4 Å². The molecule has 1 unspecified atom stereocenters. The Kier molecular flexibility index (Phi) is 8.28. The van der Waals surface area contributed by atoms with Crippen LogP contribution in [0.4, 0.5) is 0 Å². The zero-order valence-electron chi connectivity index (χ0n) is 12.6. The van der Waals surface area contributed by atoms with E-state index in [9.17, 15) is 0 Å². The number of nitrogens with one attached hydrogen (secondary N) is 2. The average molecular weight is 435 g/mol. The SMILES string of the molecule is CN=C(NCc1cccs1)NC(C)Cc1ccc(C)s1.I. The molecular weight excluding hydrogens is 413 g/mol. The van der Waals surface area contributed by atoms with E-state index in [1.807, 2.05) is 18.4 Å². The van der Waals surface area contributed by atoms with Crippen molar-refractivity contribution in [1.82, 2.24) is 10.6 Å². The molecule has 0 aromatic carbocycles. The first-order valence-corrected chi connectivity index (χ1v) is 8.42. The lowest BCUT2D eigenvalue weighted by Crippen LogP contribution is -2.42. The van der Waals surface area contributed by atoms with Gasteiger partial charge in [-0.1, -0.05) is 6.07 Å². The maximum Gasteiger partial charge on any atom is 0.191 e. The molecule has 2 rings (SSSR count). The fourth-order valence-electron chi connectivity index (χ4n) is 1.96. The quantitative estimate of drug-likeness (QED) is 0.423. The summed E-state index contributed by atoms with van der Waals surface area (Å²) in [5.41, 5.74) is 0. The highest BCUT2D eigenvalue weighted by Gasteiger charge is 2.07. The lowest BCUT2D eigenvalue weighted by molar-refractivity contribution is 0.645. The second-order valence-corrected chi connectivity index (χ2v) is 7.17. The van der Waals surface area contributed by atoms with Gasteiger partial charge in [0.05, 0.1) is 6.54 Å². The Labute approximate surface area is 151 Å². The average Bonchev–Trinajstić information content (AvgIpc) is 3.06. The van der Waals surface area contributed by atoms with Gasteiger partial charge in [0.25, 0.3) is 0 Å². The van der Waals surface area contributed by atoms with Crippen LogP contribution in [0, 0.1) is 6.92 Å². The Morgan fingerprint density at radius 2 is 2.10 bits per heavy atom. The van der Waals surface area contributed by atoms with Crippen LogP contribution in [0.3, 0.4) is 0 Å². The van der Waals surface area contributed by atoms with E-state index < -0.39 is 0 Å². The summed E-state index contributed by atoms with van der Waals surface area (Å²) in [6, 6.07) is 8.95. The first-order chi connectivity index (χ1) is 9.67. The summed E-state index contributed by atoms with van der Waals surface area (Å²) in [5.74, 6) is 0.860. The first kappa shape index (κ1) is 18.4. The Balaban J connectivity index is 0.00000220. The largest absolute Gasteiger partial charge is 0.354 e. The van der Waals surface area contributed by atoms with Crippen molar-refractivity contribution in [2.75, 3.05) is 7.05 Å². The molecule has 0 radical (unpaired) electrons. The van der Waals surface area contributed by atoms with E-state index in [2.05, 4.69) is 59.1 Å². The van der Waals surface area contributed by atoms with Crippen LogP contribution < -0.4 is 10.6 Å². The van der Waals surface area contributed by atoms with Crippen LogP contribution in [0.15, 0.2) is 34.6 Å². The van der Waals surface area contributed by atoms with Crippen LogP contribution in [0.5, 0.6) is 0 Å². The number of thiophene rings is 2. The third-order valence-corrected chi connectivity index (χ3v) is 4.82. The molecule has 2 N–H and O–H groups in total. The van der Waals surface area contributed by atoms with Crippen molar-refractivity contribution in [3.8, 4) is 0 Å². The fourth-order valence-corrected chi connectivity index (χ4v) is 3.62. The maximum absolute atomic E-state index is 4.28. The third-order valence-electron chi connectivity index (χ3n) is 2.92. The van der Waals surface area contributed by atoms with Crippen molar-refractivity contribution in [2.45, 2.75) is 32.9 Å². The molecule has 0 saturated heterocycles. The minimum atomic E-state index is 0. The lowest BCUT2D eigenvalue weighted by Gasteiger charge is -2.17. The highest BCUT2D eigenvalue weighted by molar-refractivity contribution is 14.0. The summed E-state index contributed by atoms with van der Waals surface area (Å²) in [6.45, 7) is 5.16. The number of hydrogen-bond donors (Lipinski definition) is 2. The van der Waals surface area contributed by atoms with Crippen molar-refractivity contribution >= 4 is 52.6 Å². The van der Waals surface area contributed by atoms with Gasteiger partial charge in [-0.3, -0.25) is 4.99 Å². The Hall–Kier alpha value is -0.600. The number of nitrogens with zero attached hydrogens (tertiary/aromatic N) is 1. The Morgan fingerprint density at radius 1 is 1.29 bits per heavy atom. The van der Waals surface area contributed by atoms with Gasteiger partial charge in [0, 0.05) is 34.1 Å². The fraction of sp³-hybridized carbons (Fsp3) is 0.400. The van der Waals surface area contributed by atoms with Crippen LogP contribution in [0.25, 0.3) is 0 Å². The van der Waals surface area contributed by atoms with Crippen molar-refractivity contribution < 1.29 is 0 Å². The smallest absolute Gasteiger partial charge is 0.191 e. The Bertz CT molecular complexity index is 549. The predicted octanol–water partition coefficient (Wildman–Crippen LogP) is 4.03. The number of hydrogen-bond acceptors (Lipinski definition) is 3. The highest BCUT2D eigenvalue weighted by atomic mass is 127. The van der Waals surface area contributed by atoms with Gasteiger partial charge in [0.1, 0.15) is 0 Å². The molecule has 0 saturated carbocycles. The van der Waals surface area contributed by atoms with Crippen LogP contribution in [-0.2, 0) is 13.0 Å². The molecule has 116 valence electrons. The third kappa shape index (κ3) is 6.36. The topological polar surface area (TPSA) is 36.4 Å². The molecule has 2 heterocycles. The van der Waals surface area contributed by atoms with E-state index in [0.29, 0.717) is 6.04 Å². The second-order valence-electron chi connectivity index (χ2n) is 4.77. The van der Waals surface area contributed by atoms with E-state index in [-0.39, 0.29) is 24.0 Å². The van der Waals surface area contributed by atoms with Crippen LogP contribution >= 0.6 is 46.7 Å². The van der Waals surface area contributed by atoms with E-state index in [4.69, 9.17) is 0 Å². The number of guanidine groups is 1. The molecule has 21 heavy (non-hydrogen) atoms. The van der Waals surface area contributed by atoms with Gasteiger partial charge in [0.15, 0.2) is 5.96 Å². The van der Waals surface area contributed by atoms with Crippen molar-refractivity contribution in [1.29, 1.82) is 0 Å². The van der Waals surface area contributed by atoms with Crippen LogP contribution in [0.1, 0.15) is 21.6 Å². The molecule has 0 amide bonds. The summed E-state index contributed by atoms with van der Waals surface area (Å²) in [4.78, 5) is 8.37. The molecule has 0 aliphatic rings. The van der Waals surface area contributed by atoms with Crippen molar-refractivity contribution in [3.63, 3.8) is 0 Å². The summed E-state index contributed by atoms with van der Waals surface area (Å²) in [6.07, 6.45) is 1.03. The van der Waals surface area contributed by atoms with Crippen molar-refractivity contribution in [3.05, 3.63) is 44.3 Å². The summed E-state index contributed by atoms with van der Waals surface area (Å²) >= 11 is 3.62. The van der Waals surface area contributed by atoms with E-state index >= 15 is 0 Å². The van der Waals surface area contributed by atoms with Gasteiger partial charge >= 0.3 is 0 Å². The Morgan fingerprint density at radius 3 is 2.67 bits per heavy atom. The molecule has 0 aliphatic heterocycles. The number of aryl methyl sites for hydroxylation is 1. The van der Waals surface area contributed by atoms with Crippen LogP contribution in [0.2, 0.25) is 0 Å².